The van der Waals surface area contributed by atoms with E-state index in [1.165, 1.54) is 32.5 Å². The maximum atomic E-state index is 13.3. The molecule has 1 N–H and O–H groups in total. The molecule has 1 saturated heterocycles. The molecule has 1 unspecified atom stereocenters. The number of hydrogen-bond acceptors (Lipinski definition) is 8. The number of methoxy groups -OCH3 is 3. The van der Waals surface area contributed by atoms with Gasteiger partial charge in [-0.05, 0) is 61.0 Å². The Bertz CT molecular complexity index is 1250. The van der Waals surface area contributed by atoms with Gasteiger partial charge in [0.2, 0.25) is 5.75 Å². The van der Waals surface area contributed by atoms with Gasteiger partial charge in [0.15, 0.2) is 11.5 Å². The standard InChI is InChI=1S/C27H27NO8/c1-5-35-18-10-8-16(9-11-18)24(29)22-23(17-13-20(32-2)26(34-4)21(14-17)33-3)28(27(31)25(22)30)15-19-7-6-12-36-19/h6-14,23,29H,5,15H2,1-4H3/b24-22+. The lowest BCUT2D eigenvalue weighted by molar-refractivity contribution is -0.140. The van der Waals surface area contributed by atoms with E-state index < -0.39 is 17.7 Å². The third kappa shape index (κ3) is 4.47. The summed E-state index contributed by atoms with van der Waals surface area (Å²) in [6.45, 7) is 2.37. The van der Waals surface area contributed by atoms with Gasteiger partial charge in [-0.25, -0.2) is 0 Å². The quantitative estimate of drug-likeness (QED) is 0.267. The van der Waals surface area contributed by atoms with Crippen LogP contribution in [0.3, 0.4) is 0 Å². The minimum absolute atomic E-state index is 0.0129. The van der Waals surface area contributed by atoms with E-state index in [4.69, 9.17) is 23.4 Å². The highest BCUT2D eigenvalue weighted by atomic mass is 16.5. The number of ketones is 1. The first-order chi connectivity index (χ1) is 17.4. The topological polar surface area (TPSA) is 108 Å². The number of furan rings is 1. The van der Waals surface area contributed by atoms with Crippen molar-refractivity contribution in [1.29, 1.82) is 0 Å². The van der Waals surface area contributed by atoms with Gasteiger partial charge in [-0.2, -0.15) is 0 Å². The number of likely N-dealkylation sites (tertiary alicyclic amines) is 1. The number of carbonyl (C=O) groups excluding carboxylic acids is 2. The Morgan fingerprint density at radius 1 is 1.00 bits per heavy atom. The van der Waals surface area contributed by atoms with E-state index in [2.05, 4.69) is 0 Å². The molecule has 1 aliphatic rings. The van der Waals surface area contributed by atoms with Crippen LogP contribution in [0, 0.1) is 0 Å². The van der Waals surface area contributed by atoms with Crippen molar-refractivity contribution in [2.45, 2.75) is 19.5 Å². The number of benzene rings is 2. The lowest BCUT2D eigenvalue weighted by atomic mass is 9.94. The summed E-state index contributed by atoms with van der Waals surface area (Å²) in [5.41, 5.74) is 0.791. The van der Waals surface area contributed by atoms with Crippen LogP contribution in [-0.2, 0) is 16.1 Å². The van der Waals surface area contributed by atoms with Crippen LogP contribution in [0.4, 0.5) is 0 Å². The second-order valence-corrected chi connectivity index (χ2v) is 7.92. The molecule has 1 aliphatic heterocycles. The lowest BCUT2D eigenvalue weighted by Crippen LogP contribution is -2.29. The normalized spacial score (nSPS) is 16.8. The Labute approximate surface area is 208 Å². The monoisotopic (exact) mass is 493 g/mol. The number of hydrogen-bond donors (Lipinski definition) is 1. The van der Waals surface area contributed by atoms with Crippen molar-refractivity contribution in [3.63, 3.8) is 0 Å². The zero-order valence-electron chi connectivity index (χ0n) is 20.4. The van der Waals surface area contributed by atoms with Gasteiger partial charge in [0.1, 0.15) is 17.3 Å². The van der Waals surface area contributed by atoms with Crippen LogP contribution in [0.2, 0.25) is 0 Å². The fourth-order valence-electron chi connectivity index (χ4n) is 4.25. The van der Waals surface area contributed by atoms with Crippen LogP contribution < -0.4 is 18.9 Å². The number of ether oxygens (including phenoxy) is 4. The third-order valence-corrected chi connectivity index (χ3v) is 5.89. The molecule has 0 bridgehead atoms. The summed E-state index contributed by atoms with van der Waals surface area (Å²) in [5, 5.41) is 11.3. The van der Waals surface area contributed by atoms with Gasteiger partial charge in [0, 0.05) is 5.56 Å². The molecule has 3 aromatic rings. The number of amides is 1. The van der Waals surface area contributed by atoms with Gasteiger partial charge in [0.05, 0.1) is 52.4 Å². The fraction of sp³-hybridized carbons (Fsp3) is 0.259. The molecular formula is C27H27NO8. The summed E-state index contributed by atoms with van der Waals surface area (Å²) in [6.07, 6.45) is 1.49. The number of nitrogens with zero attached hydrogens (tertiary/aromatic N) is 1. The van der Waals surface area contributed by atoms with Crippen LogP contribution in [0.1, 0.15) is 29.9 Å². The molecule has 1 atom stereocenters. The van der Waals surface area contributed by atoms with Gasteiger partial charge >= 0.3 is 0 Å². The number of aliphatic hydroxyl groups excluding tert-OH is 1. The first kappa shape index (κ1) is 24.7. The molecule has 0 aliphatic carbocycles. The van der Waals surface area contributed by atoms with Gasteiger partial charge in [-0.1, -0.05) is 0 Å². The van der Waals surface area contributed by atoms with Crippen LogP contribution in [0.15, 0.2) is 64.8 Å². The maximum Gasteiger partial charge on any atom is 0.296 e. The number of carbonyl (C=O) groups is 2. The molecule has 1 amide bonds. The average molecular weight is 494 g/mol. The largest absolute Gasteiger partial charge is 0.507 e. The molecule has 1 aromatic heterocycles. The van der Waals surface area contributed by atoms with E-state index in [1.54, 1.807) is 48.5 Å². The van der Waals surface area contributed by atoms with Gasteiger partial charge < -0.3 is 33.4 Å². The predicted molar refractivity (Wildman–Crippen MR) is 130 cm³/mol. The summed E-state index contributed by atoms with van der Waals surface area (Å²) in [6, 6.07) is 12.4. The van der Waals surface area contributed by atoms with Crippen molar-refractivity contribution in [3.8, 4) is 23.0 Å². The Kier molecular flexibility index (Phi) is 7.19. The molecule has 1 fully saturated rings. The van der Waals surface area contributed by atoms with Crippen LogP contribution in [-0.4, -0.2) is 49.6 Å². The first-order valence-electron chi connectivity index (χ1n) is 11.3. The molecule has 0 spiro atoms. The smallest absolute Gasteiger partial charge is 0.296 e. The van der Waals surface area contributed by atoms with E-state index in [0.717, 1.165) is 0 Å². The van der Waals surface area contributed by atoms with Crippen molar-refractivity contribution >= 4 is 17.4 Å². The fourth-order valence-corrected chi connectivity index (χ4v) is 4.25. The van der Waals surface area contributed by atoms with E-state index in [0.29, 0.717) is 46.5 Å². The minimum atomic E-state index is -0.949. The molecule has 9 heteroatoms. The van der Waals surface area contributed by atoms with E-state index >= 15 is 0 Å². The van der Waals surface area contributed by atoms with E-state index in [-0.39, 0.29) is 17.9 Å². The molecule has 2 heterocycles. The second-order valence-electron chi connectivity index (χ2n) is 7.92. The van der Waals surface area contributed by atoms with Crippen molar-refractivity contribution in [2.24, 2.45) is 0 Å². The van der Waals surface area contributed by atoms with Crippen LogP contribution in [0.25, 0.3) is 5.76 Å². The molecular weight excluding hydrogens is 466 g/mol. The lowest BCUT2D eigenvalue weighted by Gasteiger charge is -2.26. The number of rotatable bonds is 9. The summed E-state index contributed by atoms with van der Waals surface area (Å²) in [7, 11) is 4.43. The third-order valence-electron chi connectivity index (χ3n) is 5.89. The Morgan fingerprint density at radius 2 is 1.67 bits per heavy atom. The Morgan fingerprint density at radius 3 is 2.19 bits per heavy atom. The molecule has 9 nitrogen and oxygen atoms in total. The van der Waals surface area contributed by atoms with Crippen molar-refractivity contribution < 1.29 is 38.1 Å². The summed E-state index contributed by atoms with van der Waals surface area (Å²) < 4.78 is 27.3. The van der Waals surface area contributed by atoms with E-state index in [1.807, 2.05) is 6.92 Å². The molecule has 0 radical (unpaired) electrons. The second kappa shape index (κ2) is 10.5. The molecule has 2 aromatic carbocycles. The molecule has 188 valence electrons. The zero-order chi connectivity index (χ0) is 25.8. The van der Waals surface area contributed by atoms with Crippen LogP contribution >= 0.6 is 0 Å². The Hall–Kier alpha value is -4.40. The van der Waals surface area contributed by atoms with Gasteiger partial charge in [-0.3, -0.25) is 9.59 Å². The molecule has 36 heavy (non-hydrogen) atoms. The zero-order valence-corrected chi connectivity index (χ0v) is 20.4. The van der Waals surface area contributed by atoms with Gasteiger partial charge in [0.25, 0.3) is 11.7 Å². The SMILES string of the molecule is CCOc1ccc(/C(O)=C2\C(=O)C(=O)N(Cc3ccco3)C2c2cc(OC)c(OC)c(OC)c2)cc1. The maximum absolute atomic E-state index is 13.3. The highest BCUT2D eigenvalue weighted by molar-refractivity contribution is 6.46. The summed E-state index contributed by atoms with van der Waals surface area (Å²) >= 11 is 0. The summed E-state index contributed by atoms with van der Waals surface area (Å²) in [5.74, 6) is 0.261. The van der Waals surface area contributed by atoms with Crippen molar-refractivity contribution in [3.05, 3.63) is 77.3 Å². The van der Waals surface area contributed by atoms with Gasteiger partial charge in [-0.15, -0.1) is 0 Å². The average Bonchev–Trinajstić information content (AvgIpc) is 3.50. The number of aliphatic hydroxyl groups is 1. The van der Waals surface area contributed by atoms with Crippen molar-refractivity contribution in [1.82, 2.24) is 4.90 Å². The predicted octanol–water partition coefficient (Wildman–Crippen LogP) is 4.33. The highest BCUT2D eigenvalue weighted by Crippen LogP contribution is 2.46. The molecule has 4 rings (SSSR count). The number of Topliss-reactive ketones (excluding diaryl/α,β-unsaturated/α-hetero) is 1. The highest BCUT2D eigenvalue weighted by Gasteiger charge is 2.47. The minimum Gasteiger partial charge on any atom is -0.507 e. The Balaban J connectivity index is 1.90. The van der Waals surface area contributed by atoms with E-state index in [9.17, 15) is 14.7 Å². The van der Waals surface area contributed by atoms with Crippen molar-refractivity contribution in [2.75, 3.05) is 27.9 Å². The molecule has 0 saturated carbocycles. The van der Waals surface area contributed by atoms with Crippen LogP contribution in [0.5, 0.6) is 23.0 Å². The summed E-state index contributed by atoms with van der Waals surface area (Å²) in [4.78, 5) is 27.9. The first-order valence-corrected chi connectivity index (χ1v) is 11.3.